The molecule has 0 saturated heterocycles. The molecular formula is C11H10N2O4. The van der Waals surface area contributed by atoms with Crippen molar-refractivity contribution in [3.8, 4) is 5.75 Å². The molecule has 0 atom stereocenters. The average Bonchev–Trinajstić information content (AvgIpc) is 2.33. The van der Waals surface area contributed by atoms with Crippen molar-refractivity contribution in [2.24, 2.45) is 7.05 Å². The van der Waals surface area contributed by atoms with Gasteiger partial charge in [-0.25, -0.2) is 9.78 Å². The van der Waals surface area contributed by atoms with Gasteiger partial charge >= 0.3 is 5.97 Å². The van der Waals surface area contributed by atoms with E-state index in [1.54, 1.807) is 6.07 Å². The number of phenolic OH excluding ortho intramolecular Hbond substituents is 1. The quantitative estimate of drug-likeness (QED) is 0.723. The molecule has 6 heteroatoms. The van der Waals surface area contributed by atoms with Crippen LogP contribution in [-0.4, -0.2) is 27.7 Å². The molecule has 6 nitrogen and oxygen atoms in total. The minimum atomic E-state index is -0.727. The largest absolute Gasteiger partial charge is 0.506 e. The van der Waals surface area contributed by atoms with E-state index < -0.39 is 11.5 Å². The fraction of sp³-hybridized carbons (Fsp3) is 0.182. The van der Waals surface area contributed by atoms with Crippen molar-refractivity contribution in [1.82, 2.24) is 9.55 Å². The fourth-order valence-corrected chi connectivity index (χ4v) is 1.55. The van der Waals surface area contributed by atoms with Crippen molar-refractivity contribution in [2.45, 2.75) is 0 Å². The molecule has 0 radical (unpaired) electrons. The van der Waals surface area contributed by atoms with E-state index in [4.69, 9.17) is 0 Å². The number of rotatable bonds is 1. The topological polar surface area (TPSA) is 81.4 Å². The summed E-state index contributed by atoms with van der Waals surface area (Å²) in [5, 5.41) is 9.85. The number of ether oxygens (including phenoxy) is 1. The van der Waals surface area contributed by atoms with Gasteiger partial charge in [0.2, 0.25) is 5.82 Å². The number of aromatic nitrogens is 2. The lowest BCUT2D eigenvalue weighted by Gasteiger charge is -2.07. The Labute approximate surface area is 96.1 Å². The molecule has 0 aliphatic carbocycles. The van der Waals surface area contributed by atoms with Gasteiger partial charge < -0.3 is 9.84 Å². The standard InChI is InChI=1S/C11H10N2O4/c1-13-9(11(16)17-2)12-8-6(10(13)15)4-3-5-7(8)14/h3-5,14H,1-2H3. The van der Waals surface area contributed by atoms with Crippen LogP contribution >= 0.6 is 0 Å². The predicted molar refractivity (Wildman–Crippen MR) is 60.0 cm³/mol. The lowest BCUT2D eigenvalue weighted by Crippen LogP contribution is -2.25. The first-order valence-corrected chi connectivity index (χ1v) is 4.83. The first kappa shape index (κ1) is 11.1. The van der Waals surface area contributed by atoms with Crippen LogP contribution in [0.15, 0.2) is 23.0 Å². The van der Waals surface area contributed by atoms with E-state index >= 15 is 0 Å². The van der Waals surface area contributed by atoms with Gasteiger partial charge in [0.25, 0.3) is 5.56 Å². The van der Waals surface area contributed by atoms with Gasteiger partial charge in [-0.3, -0.25) is 9.36 Å². The maximum atomic E-state index is 11.9. The van der Waals surface area contributed by atoms with Crippen LogP contribution in [0.25, 0.3) is 10.9 Å². The molecule has 1 heterocycles. The van der Waals surface area contributed by atoms with Crippen LogP contribution < -0.4 is 5.56 Å². The number of hydrogen-bond acceptors (Lipinski definition) is 5. The molecule has 0 spiro atoms. The number of esters is 1. The maximum absolute atomic E-state index is 11.9. The second-order valence-corrected chi connectivity index (χ2v) is 3.46. The summed E-state index contributed by atoms with van der Waals surface area (Å²) in [6.45, 7) is 0. The number of hydrogen-bond donors (Lipinski definition) is 1. The smallest absolute Gasteiger partial charge is 0.374 e. The highest BCUT2D eigenvalue weighted by Crippen LogP contribution is 2.19. The highest BCUT2D eigenvalue weighted by molar-refractivity contribution is 5.90. The predicted octanol–water partition coefficient (Wildman–Crippen LogP) is 0.426. The van der Waals surface area contributed by atoms with Crippen molar-refractivity contribution in [2.75, 3.05) is 7.11 Å². The second kappa shape index (κ2) is 3.89. The molecule has 1 aromatic heterocycles. The Morgan fingerprint density at radius 3 is 2.82 bits per heavy atom. The van der Waals surface area contributed by atoms with Crippen LogP contribution in [0, 0.1) is 0 Å². The average molecular weight is 234 g/mol. The summed E-state index contributed by atoms with van der Waals surface area (Å²) < 4.78 is 5.61. The number of carbonyl (C=O) groups excluding carboxylic acids is 1. The van der Waals surface area contributed by atoms with E-state index in [9.17, 15) is 14.7 Å². The molecule has 0 bridgehead atoms. The first-order chi connectivity index (χ1) is 8.06. The monoisotopic (exact) mass is 234 g/mol. The van der Waals surface area contributed by atoms with Crippen LogP contribution in [0.3, 0.4) is 0 Å². The molecule has 88 valence electrons. The zero-order chi connectivity index (χ0) is 12.6. The Hall–Kier alpha value is -2.37. The number of aromatic hydroxyl groups is 1. The third kappa shape index (κ3) is 1.63. The molecule has 0 aliphatic heterocycles. The molecule has 2 rings (SSSR count). The lowest BCUT2D eigenvalue weighted by atomic mass is 10.2. The van der Waals surface area contributed by atoms with Crippen molar-refractivity contribution >= 4 is 16.9 Å². The van der Waals surface area contributed by atoms with Crippen molar-refractivity contribution < 1.29 is 14.6 Å². The molecule has 17 heavy (non-hydrogen) atoms. The van der Waals surface area contributed by atoms with E-state index in [0.717, 1.165) is 4.57 Å². The summed E-state index contributed by atoms with van der Waals surface area (Å²) in [5.74, 6) is -1.02. The minimum absolute atomic E-state index is 0.0935. The molecule has 1 aromatic carbocycles. The van der Waals surface area contributed by atoms with E-state index in [1.165, 1.54) is 26.3 Å². The number of nitrogens with zero attached hydrogens (tertiary/aromatic N) is 2. The van der Waals surface area contributed by atoms with Gasteiger partial charge in [0, 0.05) is 7.05 Å². The number of phenols is 1. The number of benzene rings is 1. The molecule has 0 fully saturated rings. The normalized spacial score (nSPS) is 10.5. The second-order valence-electron chi connectivity index (χ2n) is 3.46. The molecular weight excluding hydrogens is 224 g/mol. The number of carbonyl (C=O) groups is 1. The van der Waals surface area contributed by atoms with Crippen LogP contribution in [-0.2, 0) is 11.8 Å². The van der Waals surface area contributed by atoms with Crippen LogP contribution in [0.5, 0.6) is 5.75 Å². The van der Waals surface area contributed by atoms with Crippen LogP contribution in [0.2, 0.25) is 0 Å². The van der Waals surface area contributed by atoms with Gasteiger partial charge in [-0.15, -0.1) is 0 Å². The third-order valence-electron chi connectivity index (χ3n) is 2.45. The highest BCUT2D eigenvalue weighted by atomic mass is 16.5. The first-order valence-electron chi connectivity index (χ1n) is 4.83. The van der Waals surface area contributed by atoms with Crippen LogP contribution in [0.1, 0.15) is 10.6 Å². The van der Waals surface area contributed by atoms with E-state index in [1.807, 2.05) is 0 Å². The molecule has 0 unspecified atom stereocenters. The summed E-state index contributed by atoms with van der Waals surface area (Å²) in [6, 6.07) is 4.47. The maximum Gasteiger partial charge on any atom is 0.374 e. The van der Waals surface area contributed by atoms with Crippen LogP contribution in [0.4, 0.5) is 0 Å². The van der Waals surface area contributed by atoms with Crippen molar-refractivity contribution in [1.29, 1.82) is 0 Å². The van der Waals surface area contributed by atoms with E-state index in [-0.39, 0.29) is 22.5 Å². The molecule has 0 saturated carbocycles. The number of fused-ring (bicyclic) bond motifs is 1. The Morgan fingerprint density at radius 1 is 1.47 bits per heavy atom. The summed E-state index contributed by atoms with van der Waals surface area (Å²) in [7, 11) is 2.62. The lowest BCUT2D eigenvalue weighted by molar-refractivity contribution is 0.0581. The molecule has 0 aliphatic rings. The summed E-state index contributed by atoms with van der Waals surface area (Å²) in [4.78, 5) is 27.3. The summed E-state index contributed by atoms with van der Waals surface area (Å²) in [6.07, 6.45) is 0. The Morgan fingerprint density at radius 2 is 2.18 bits per heavy atom. The molecule has 2 aromatic rings. The number of methoxy groups -OCH3 is 1. The summed E-state index contributed by atoms with van der Waals surface area (Å²) in [5.41, 5.74) is -0.317. The van der Waals surface area contributed by atoms with E-state index in [2.05, 4.69) is 9.72 Å². The molecule has 1 N–H and O–H groups in total. The zero-order valence-corrected chi connectivity index (χ0v) is 9.30. The highest BCUT2D eigenvalue weighted by Gasteiger charge is 2.16. The van der Waals surface area contributed by atoms with Gasteiger partial charge in [-0.05, 0) is 12.1 Å². The van der Waals surface area contributed by atoms with Gasteiger partial charge in [-0.2, -0.15) is 0 Å². The minimum Gasteiger partial charge on any atom is -0.506 e. The van der Waals surface area contributed by atoms with Gasteiger partial charge in [0.05, 0.1) is 12.5 Å². The van der Waals surface area contributed by atoms with Gasteiger partial charge in [0.15, 0.2) is 0 Å². The number of para-hydroxylation sites is 1. The molecule has 0 amide bonds. The Balaban J connectivity index is 2.91. The summed E-state index contributed by atoms with van der Waals surface area (Å²) >= 11 is 0. The fourth-order valence-electron chi connectivity index (χ4n) is 1.55. The van der Waals surface area contributed by atoms with Crippen molar-refractivity contribution in [3.05, 3.63) is 34.4 Å². The SMILES string of the molecule is COC(=O)c1nc2c(O)cccc2c(=O)n1C. The van der Waals surface area contributed by atoms with Crippen molar-refractivity contribution in [3.63, 3.8) is 0 Å². The zero-order valence-electron chi connectivity index (χ0n) is 9.30. The van der Waals surface area contributed by atoms with Gasteiger partial charge in [0.1, 0.15) is 11.3 Å². The Bertz CT molecular complexity index is 660. The third-order valence-corrected chi connectivity index (χ3v) is 2.45. The Kier molecular flexibility index (Phi) is 2.55. The van der Waals surface area contributed by atoms with E-state index in [0.29, 0.717) is 0 Å². The van der Waals surface area contributed by atoms with Gasteiger partial charge in [-0.1, -0.05) is 6.07 Å².